The van der Waals surface area contributed by atoms with E-state index < -0.39 is 0 Å². The molecule has 4 nitrogen and oxygen atoms in total. The molecule has 3 aromatic rings. The van der Waals surface area contributed by atoms with E-state index in [1.54, 1.807) is 37.5 Å². The molecule has 0 heterocycles. The maximum Gasteiger partial charge on any atom is 0.248 e. The summed E-state index contributed by atoms with van der Waals surface area (Å²) >= 11 is 9.38. The van der Waals surface area contributed by atoms with E-state index in [4.69, 9.17) is 21.1 Å². The van der Waals surface area contributed by atoms with Gasteiger partial charge in [0.1, 0.15) is 6.61 Å². The van der Waals surface area contributed by atoms with Crippen LogP contribution in [0.3, 0.4) is 0 Å². The number of anilines is 1. The lowest BCUT2D eigenvalue weighted by Crippen LogP contribution is -2.07. The van der Waals surface area contributed by atoms with Crippen molar-refractivity contribution in [1.82, 2.24) is 0 Å². The van der Waals surface area contributed by atoms with Crippen LogP contribution in [0.4, 0.5) is 5.69 Å². The molecule has 0 saturated heterocycles. The molecule has 1 amide bonds. The van der Waals surface area contributed by atoms with Gasteiger partial charge in [-0.1, -0.05) is 41.9 Å². The van der Waals surface area contributed by atoms with Crippen LogP contribution in [0.15, 0.2) is 77.3 Å². The van der Waals surface area contributed by atoms with Gasteiger partial charge in [-0.25, -0.2) is 0 Å². The van der Waals surface area contributed by atoms with Gasteiger partial charge in [-0.15, -0.1) is 0 Å². The summed E-state index contributed by atoms with van der Waals surface area (Å²) in [5.41, 5.74) is 2.53. The van der Waals surface area contributed by atoms with E-state index in [-0.39, 0.29) is 5.91 Å². The van der Waals surface area contributed by atoms with E-state index in [0.717, 1.165) is 15.6 Å². The van der Waals surface area contributed by atoms with Crippen molar-refractivity contribution >= 4 is 45.2 Å². The third-order valence-electron chi connectivity index (χ3n) is 4.02. The lowest BCUT2D eigenvalue weighted by Gasteiger charge is -2.13. The summed E-state index contributed by atoms with van der Waals surface area (Å²) in [7, 11) is 1.58. The van der Waals surface area contributed by atoms with Crippen LogP contribution < -0.4 is 14.8 Å². The number of hydrogen-bond acceptors (Lipinski definition) is 3. The molecular weight excluding hydrogens is 454 g/mol. The van der Waals surface area contributed by atoms with Crippen molar-refractivity contribution in [3.05, 3.63) is 93.4 Å². The van der Waals surface area contributed by atoms with Gasteiger partial charge in [0.2, 0.25) is 5.91 Å². The first-order valence-corrected chi connectivity index (χ1v) is 10.0. The molecule has 29 heavy (non-hydrogen) atoms. The maximum atomic E-state index is 12.1. The van der Waals surface area contributed by atoms with Gasteiger partial charge in [0.15, 0.2) is 11.5 Å². The number of carbonyl (C=O) groups is 1. The van der Waals surface area contributed by atoms with Crippen molar-refractivity contribution in [2.24, 2.45) is 0 Å². The van der Waals surface area contributed by atoms with Crippen molar-refractivity contribution in [3.8, 4) is 11.5 Å². The van der Waals surface area contributed by atoms with Gasteiger partial charge in [0, 0.05) is 16.8 Å². The Bertz CT molecular complexity index is 1000. The van der Waals surface area contributed by atoms with E-state index >= 15 is 0 Å². The largest absolute Gasteiger partial charge is 0.493 e. The molecule has 0 spiro atoms. The highest BCUT2D eigenvalue weighted by Gasteiger charge is 2.11. The number of methoxy groups -OCH3 is 1. The van der Waals surface area contributed by atoms with Gasteiger partial charge in [0.25, 0.3) is 0 Å². The number of halogens is 2. The average molecular weight is 473 g/mol. The number of hydrogen-bond donors (Lipinski definition) is 1. The standard InChI is InChI=1S/C23H19BrClNO3/c1-28-21-14-17(7-12-22(27)26-19-10-8-18(25)9-11-19)13-20(24)23(21)29-15-16-5-3-2-4-6-16/h2-14H,15H2,1H3,(H,26,27)/b12-7+. The number of amides is 1. The summed E-state index contributed by atoms with van der Waals surface area (Å²) in [6.45, 7) is 0.425. The van der Waals surface area contributed by atoms with Gasteiger partial charge < -0.3 is 14.8 Å². The van der Waals surface area contributed by atoms with Crippen LogP contribution in [0.25, 0.3) is 6.08 Å². The lowest BCUT2D eigenvalue weighted by atomic mass is 10.2. The predicted octanol–water partition coefficient (Wildman–Crippen LogP) is 6.34. The average Bonchev–Trinajstić information content (AvgIpc) is 2.73. The third-order valence-corrected chi connectivity index (χ3v) is 4.86. The molecule has 0 atom stereocenters. The number of ether oxygens (including phenoxy) is 2. The Balaban J connectivity index is 1.69. The molecule has 3 aromatic carbocycles. The smallest absolute Gasteiger partial charge is 0.248 e. The van der Waals surface area contributed by atoms with Crippen LogP contribution >= 0.6 is 27.5 Å². The van der Waals surface area contributed by atoms with Crippen LogP contribution in [0.1, 0.15) is 11.1 Å². The van der Waals surface area contributed by atoms with Crippen LogP contribution in [-0.4, -0.2) is 13.0 Å². The Morgan fingerprint density at radius 2 is 1.83 bits per heavy atom. The van der Waals surface area contributed by atoms with Gasteiger partial charge >= 0.3 is 0 Å². The van der Waals surface area contributed by atoms with E-state index in [9.17, 15) is 4.79 Å². The van der Waals surface area contributed by atoms with Crippen LogP contribution in [0.5, 0.6) is 11.5 Å². The lowest BCUT2D eigenvalue weighted by molar-refractivity contribution is -0.111. The second-order valence-corrected chi connectivity index (χ2v) is 7.43. The number of benzene rings is 3. The first-order valence-electron chi connectivity index (χ1n) is 8.84. The number of nitrogens with one attached hydrogen (secondary N) is 1. The predicted molar refractivity (Wildman–Crippen MR) is 121 cm³/mol. The quantitative estimate of drug-likeness (QED) is 0.408. The van der Waals surface area contributed by atoms with Gasteiger partial charge in [-0.3, -0.25) is 4.79 Å². The molecule has 3 rings (SSSR count). The molecule has 6 heteroatoms. The molecule has 0 bridgehead atoms. The fourth-order valence-corrected chi connectivity index (χ4v) is 3.30. The first-order chi connectivity index (χ1) is 14.0. The summed E-state index contributed by atoms with van der Waals surface area (Å²) in [6.07, 6.45) is 3.17. The Morgan fingerprint density at radius 3 is 2.52 bits per heavy atom. The molecule has 1 N–H and O–H groups in total. The highest BCUT2D eigenvalue weighted by molar-refractivity contribution is 9.10. The fourth-order valence-electron chi connectivity index (χ4n) is 2.59. The van der Waals surface area contributed by atoms with E-state index in [1.807, 2.05) is 42.5 Å². The SMILES string of the molecule is COc1cc(/C=C/C(=O)Nc2ccc(Cl)cc2)cc(Br)c1OCc1ccccc1. The first kappa shape index (κ1) is 21.0. The normalized spacial score (nSPS) is 10.7. The summed E-state index contributed by atoms with van der Waals surface area (Å²) < 4.78 is 12.1. The van der Waals surface area contributed by atoms with Crippen LogP contribution in [-0.2, 0) is 11.4 Å². The summed E-state index contributed by atoms with van der Waals surface area (Å²) in [5.74, 6) is 0.944. The minimum atomic E-state index is -0.244. The molecule has 0 radical (unpaired) electrons. The molecule has 0 aliphatic rings. The molecule has 148 valence electrons. The van der Waals surface area contributed by atoms with Gasteiger partial charge in [-0.2, -0.15) is 0 Å². The van der Waals surface area contributed by atoms with Crippen molar-refractivity contribution in [3.63, 3.8) is 0 Å². The zero-order valence-electron chi connectivity index (χ0n) is 15.7. The Hall–Kier alpha value is -2.76. The summed E-state index contributed by atoms with van der Waals surface area (Å²) in [5, 5.41) is 3.40. The fraction of sp³-hybridized carbons (Fsp3) is 0.0870. The van der Waals surface area contributed by atoms with Crippen molar-refractivity contribution in [1.29, 1.82) is 0 Å². The zero-order chi connectivity index (χ0) is 20.6. The summed E-state index contributed by atoms with van der Waals surface area (Å²) in [4.78, 5) is 12.1. The van der Waals surface area contributed by atoms with E-state index in [2.05, 4.69) is 21.2 Å². The topological polar surface area (TPSA) is 47.6 Å². The van der Waals surface area contributed by atoms with Crippen molar-refractivity contribution in [2.45, 2.75) is 6.61 Å². The monoisotopic (exact) mass is 471 g/mol. The molecule has 0 aliphatic heterocycles. The highest BCUT2D eigenvalue weighted by atomic mass is 79.9. The van der Waals surface area contributed by atoms with Gasteiger partial charge in [-0.05, 0) is 69.5 Å². The minimum absolute atomic E-state index is 0.244. The minimum Gasteiger partial charge on any atom is -0.493 e. The number of rotatable bonds is 7. The Kier molecular flexibility index (Phi) is 7.33. The molecule has 0 aliphatic carbocycles. The van der Waals surface area contributed by atoms with Crippen molar-refractivity contribution < 1.29 is 14.3 Å². The van der Waals surface area contributed by atoms with E-state index in [0.29, 0.717) is 28.8 Å². The zero-order valence-corrected chi connectivity index (χ0v) is 18.0. The Labute approximate surface area is 183 Å². The van der Waals surface area contributed by atoms with Crippen molar-refractivity contribution in [2.75, 3.05) is 12.4 Å². The molecule has 0 saturated carbocycles. The second-order valence-electron chi connectivity index (χ2n) is 6.14. The second kappa shape index (κ2) is 10.1. The Morgan fingerprint density at radius 1 is 1.10 bits per heavy atom. The molecule has 0 aromatic heterocycles. The summed E-state index contributed by atoms with van der Waals surface area (Å²) in [6, 6.07) is 20.5. The maximum absolute atomic E-state index is 12.1. The van der Waals surface area contributed by atoms with E-state index in [1.165, 1.54) is 6.08 Å². The third kappa shape index (κ3) is 6.11. The van der Waals surface area contributed by atoms with Crippen LogP contribution in [0, 0.1) is 0 Å². The van der Waals surface area contributed by atoms with Gasteiger partial charge in [0.05, 0.1) is 11.6 Å². The molecule has 0 fully saturated rings. The van der Waals surface area contributed by atoms with Crippen LogP contribution in [0.2, 0.25) is 5.02 Å². The molecular formula is C23H19BrClNO3. The highest BCUT2D eigenvalue weighted by Crippen LogP contribution is 2.37. The molecule has 0 unspecified atom stereocenters. The number of carbonyl (C=O) groups excluding carboxylic acids is 1.